The molecule has 19 heavy (non-hydrogen) atoms. The molecule has 0 aromatic heterocycles. The van der Waals surface area contributed by atoms with E-state index in [-0.39, 0.29) is 0 Å². The van der Waals surface area contributed by atoms with E-state index in [1.165, 1.54) is 5.56 Å². The van der Waals surface area contributed by atoms with Gasteiger partial charge in [0.25, 0.3) is 0 Å². The van der Waals surface area contributed by atoms with Crippen LogP contribution in [0.3, 0.4) is 0 Å². The predicted molar refractivity (Wildman–Crippen MR) is 77.9 cm³/mol. The Morgan fingerprint density at radius 2 is 1.58 bits per heavy atom. The van der Waals surface area contributed by atoms with Crippen molar-refractivity contribution in [3.63, 3.8) is 0 Å². The normalized spacial score (nSPS) is 10.6. The molecule has 1 aromatic rings. The molecule has 0 N–H and O–H groups in total. The van der Waals surface area contributed by atoms with Gasteiger partial charge in [-0.1, -0.05) is 32.4 Å². The van der Waals surface area contributed by atoms with E-state index in [2.05, 4.69) is 26.0 Å². The maximum Gasteiger partial charge on any atom is 0.119 e. The van der Waals surface area contributed by atoms with Crippen LogP contribution in [0.25, 0.3) is 0 Å². The summed E-state index contributed by atoms with van der Waals surface area (Å²) < 4.78 is 16.4. The molecule has 0 aliphatic rings. The fraction of sp³-hybridized carbons (Fsp3) is 0.625. The first kappa shape index (κ1) is 16.0. The van der Waals surface area contributed by atoms with E-state index in [1.807, 2.05) is 12.1 Å². The van der Waals surface area contributed by atoms with Gasteiger partial charge in [-0.05, 0) is 30.5 Å². The van der Waals surface area contributed by atoms with E-state index in [0.29, 0.717) is 26.4 Å². The van der Waals surface area contributed by atoms with Gasteiger partial charge in [-0.15, -0.1) is 0 Å². The standard InChI is InChI=1S/C16H26O3/c1-3-6-15-7-5-8-16(14-15)19-13-12-18-11-10-17-9-4-2/h5,7-8,14H,3-4,6,9-13H2,1-2H3. The molecule has 0 radical (unpaired) electrons. The number of benzene rings is 1. The van der Waals surface area contributed by atoms with Gasteiger partial charge < -0.3 is 14.2 Å². The molecule has 0 atom stereocenters. The molecule has 0 fully saturated rings. The zero-order valence-electron chi connectivity index (χ0n) is 12.2. The lowest BCUT2D eigenvalue weighted by atomic mass is 10.1. The average molecular weight is 266 g/mol. The first-order chi connectivity index (χ1) is 9.36. The molecule has 1 aromatic carbocycles. The second-order valence-electron chi connectivity index (χ2n) is 4.47. The van der Waals surface area contributed by atoms with Crippen LogP contribution in [0.1, 0.15) is 32.3 Å². The third-order valence-corrected chi connectivity index (χ3v) is 2.65. The van der Waals surface area contributed by atoms with Crippen LogP contribution in [-0.2, 0) is 15.9 Å². The number of ether oxygens (including phenoxy) is 3. The molecular weight excluding hydrogens is 240 g/mol. The van der Waals surface area contributed by atoms with E-state index >= 15 is 0 Å². The topological polar surface area (TPSA) is 27.7 Å². The van der Waals surface area contributed by atoms with Gasteiger partial charge in [0.05, 0.1) is 19.8 Å². The van der Waals surface area contributed by atoms with Gasteiger partial charge in [0.2, 0.25) is 0 Å². The maximum atomic E-state index is 5.65. The molecule has 0 aliphatic carbocycles. The van der Waals surface area contributed by atoms with Crippen molar-refractivity contribution < 1.29 is 14.2 Å². The molecule has 0 saturated heterocycles. The van der Waals surface area contributed by atoms with Crippen LogP contribution in [0.2, 0.25) is 0 Å². The smallest absolute Gasteiger partial charge is 0.119 e. The van der Waals surface area contributed by atoms with Crippen molar-refractivity contribution in [2.24, 2.45) is 0 Å². The first-order valence-electron chi connectivity index (χ1n) is 7.24. The van der Waals surface area contributed by atoms with E-state index in [1.54, 1.807) is 0 Å². The van der Waals surface area contributed by atoms with Crippen LogP contribution in [0.5, 0.6) is 5.75 Å². The average Bonchev–Trinajstić information content (AvgIpc) is 2.43. The van der Waals surface area contributed by atoms with Gasteiger partial charge in [-0.2, -0.15) is 0 Å². The largest absolute Gasteiger partial charge is 0.491 e. The Hall–Kier alpha value is -1.06. The van der Waals surface area contributed by atoms with Gasteiger partial charge in [-0.3, -0.25) is 0 Å². The van der Waals surface area contributed by atoms with Gasteiger partial charge in [-0.25, -0.2) is 0 Å². The van der Waals surface area contributed by atoms with E-state index in [4.69, 9.17) is 14.2 Å². The summed E-state index contributed by atoms with van der Waals surface area (Å²) in [4.78, 5) is 0. The monoisotopic (exact) mass is 266 g/mol. The summed E-state index contributed by atoms with van der Waals surface area (Å²) >= 11 is 0. The lowest BCUT2D eigenvalue weighted by molar-refractivity contribution is 0.0366. The van der Waals surface area contributed by atoms with E-state index in [9.17, 15) is 0 Å². The minimum Gasteiger partial charge on any atom is -0.491 e. The third kappa shape index (κ3) is 7.85. The number of rotatable bonds is 11. The van der Waals surface area contributed by atoms with Crippen molar-refractivity contribution in [3.8, 4) is 5.75 Å². The lowest BCUT2D eigenvalue weighted by Gasteiger charge is -2.08. The molecule has 0 unspecified atom stereocenters. The molecule has 0 heterocycles. The Morgan fingerprint density at radius 3 is 2.32 bits per heavy atom. The Labute approximate surface area is 116 Å². The molecule has 0 saturated carbocycles. The molecule has 3 heteroatoms. The highest BCUT2D eigenvalue weighted by atomic mass is 16.5. The Morgan fingerprint density at radius 1 is 0.842 bits per heavy atom. The summed E-state index contributed by atoms with van der Waals surface area (Å²) in [7, 11) is 0. The quantitative estimate of drug-likeness (QED) is 0.574. The molecule has 108 valence electrons. The molecule has 0 bridgehead atoms. The fourth-order valence-electron chi connectivity index (χ4n) is 1.76. The zero-order valence-corrected chi connectivity index (χ0v) is 12.2. The number of hydrogen-bond donors (Lipinski definition) is 0. The zero-order chi connectivity index (χ0) is 13.8. The van der Waals surface area contributed by atoms with Gasteiger partial charge >= 0.3 is 0 Å². The minimum atomic E-state index is 0.587. The van der Waals surface area contributed by atoms with Crippen LogP contribution >= 0.6 is 0 Å². The van der Waals surface area contributed by atoms with Crippen molar-refractivity contribution in [1.29, 1.82) is 0 Å². The number of hydrogen-bond acceptors (Lipinski definition) is 3. The molecule has 0 aliphatic heterocycles. The maximum absolute atomic E-state index is 5.65. The second kappa shape index (κ2) is 10.8. The summed E-state index contributed by atoms with van der Waals surface area (Å²) in [5, 5.41) is 0. The lowest BCUT2D eigenvalue weighted by Crippen LogP contribution is -2.11. The molecule has 0 amide bonds. The van der Waals surface area contributed by atoms with Gasteiger partial charge in [0.1, 0.15) is 12.4 Å². The fourth-order valence-corrected chi connectivity index (χ4v) is 1.76. The SMILES string of the molecule is CCCOCCOCCOc1cccc(CCC)c1. The molecule has 1 rings (SSSR count). The summed E-state index contributed by atoms with van der Waals surface area (Å²) in [6.07, 6.45) is 3.31. The number of aryl methyl sites for hydroxylation is 1. The van der Waals surface area contributed by atoms with Crippen LogP contribution in [0.15, 0.2) is 24.3 Å². The van der Waals surface area contributed by atoms with Gasteiger partial charge in [0.15, 0.2) is 0 Å². The summed E-state index contributed by atoms with van der Waals surface area (Å²) in [5.74, 6) is 0.928. The molecule has 0 spiro atoms. The minimum absolute atomic E-state index is 0.587. The van der Waals surface area contributed by atoms with Crippen molar-refractivity contribution >= 4 is 0 Å². The molecule has 3 nitrogen and oxygen atoms in total. The second-order valence-corrected chi connectivity index (χ2v) is 4.47. The van der Waals surface area contributed by atoms with Gasteiger partial charge in [0, 0.05) is 6.61 Å². The summed E-state index contributed by atoms with van der Waals surface area (Å²) in [5.41, 5.74) is 1.33. The predicted octanol–water partition coefficient (Wildman–Crippen LogP) is 3.46. The van der Waals surface area contributed by atoms with Crippen molar-refractivity contribution in [2.75, 3.05) is 33.0 Å². The highest BCUT2D eigenvalue weighted by Crippen LogP contribution is 2.14. The van der Waals surface area contributed by atoms with Crippen molar-refractivity contribution in [2.45, 2.75) is 33.1 Å². The van der Waals surface area contributed by atoms with Crippen LogP contribution in [0.4, 0.5) is 0 Å². The first-order valence-corrected chi connectivity index (χ1v) is 7.24. The Bertz CT molecular complexity index is 326. The van der Waals surface area contributed by atoms with Crippen molar-refractivity contribution in [3.05, 3.63) is 29.8 Å². The Balaban J connectivity index is 2.07. The summed E-state index contributed by atoms with van der Waals surface area (Å²) in [6.45, 7) is 7.59. The Kier molecular flexibility index (Phi) is 9.11. The van der Waals surface area contributed by atoms with Crippen LogP contribution < -0.4 is 4.74 Å². The molecular formula is C16H26O3. The van der Waals surface area contributed by atoms with E-state index in [0.717, 1.165) is 31.6 Å². The highest BCUT2D eigenvalue weighted by molar-refractivity contribution is 5.28. The van der Waals surface area contributed by atoms with Crippen molar-refractivity contribution in [1.82, 2.24) is 0 Å². The third-order valence-electron chi connectivity index (χ3n) is 2.65. The van der Waals surface area contributed by atoms with Crippen LogP contribution in [-0.4, -0.2) is 33.0 Å². The summed E-state index contributed by atoms with van der Waals surface area (Å²) in [6, 6.07) is 8.27. The highest BCUT2D eigenvalue weighted by Gasteiger charge is 1.96. The van der Waals surface area contributed by atoms with Crippen LogP contribution in [0, 0.1) is 0 Å². The van der Waals surface area contributed by atoms with E-state index < -0.39 is 0 Å².